The Morgan fingerprint density at radius 2 is 2.25 bits per heavy atom. The van der Waals surface area contributed by atoms with Crippen LogP contribution in [-0.4, -0.2) is 42.2 Å². The lowest BCUT2D eigenvalue weighted by Gasteiger charge is -2.48. The van der Waals surface area contributed by atoms with Crippen molar-refractivity contribution < 1.29 is 4.74 Å². The highest BCUT2D eigenvalue weighted by atomic mass is 16.5. The van der Waals surface area contributed by atoms with E-state index in [4.69, 9.17) is 10.5 Å². The van der Waals surface area contributed by atoms with E-state index in [1.54, 1.807) is 0 Å². The first-order valence-electron chi connectivity index (χ1n) is 6.24. The molecule has 92 valence electrons. The van der Waals surface area contributed by atoms with Gasteiger partial charge in [0.25, 0.3) is 0 Å². The molecule has 0 aromatic carbocycles. The van der Waals surface area contributed by atoms with Gasteiger partial charge in [-0.2, -0.15) is 0 Å². The van der Waals surface area contributed by atoms with Crippen LogP contribution >= 0.6 is 0 Å². The smallest absolute Gasteiger partial charge is 0.192 e. The number of hydrogen-bond acceptors (Lipinski definition) is 4. The molecule has 2 atom stereocenters. The molecule has 0 saturated heterocycles. The number of rotatable bonds is 2. The molecular formula is C12H23N3O. The summed E-state index contributed by atoms with van der Waals surface area (Å²) in [6.45, 7) is 5.16. The fraction of sp³-hybridized carbons (Fsp3) is 0.917. The first kappa shape index (κ1) is 11.7. The number of nitrogens with zero attached hydrogens (tertiary/aromatic N) is 2. The van der Waals surface area contributed by atoms with Crippen molar-refractivity contribution in [3.63, 3.8) is 0 Å². The summed E-state index contributed by atoms with van der Waals surface area (Å²) in [7, 11) is 1.81. The number of methoxy groups -OCH3 is 1. The van der Waals surface area contributed by atoms with Crippen LogP contribution in [0.4, 0.5) is 0 Å². The van der Waals surface area contributed by atoms with Crippen LogP contribution in [0.1, 0.15) is 39.5 Å². The summed E-state index contributed by atoms with van der Waals surface area (Å²) in [6.07, 6.45) is 5.06. The summed E-state index contributed by atoms with van der Waals surface area (Å²) in [6, 6.07) is 0.391. The third kappa shape index (κ3) is 1.59. The van der Waals surface area contributed by atoms with Gasteiger partial charge in [-0.3, -0.25) is 4.99 Å². The van der Waals surface area contributed by atoms with Crippen molar-refractivity contribution in [2.45, 2.75) is 57.2 Å². The van der Waals surface area contributed by atoms with Crippen molar-refractivity contribution in [3.05, 3.63) is 0 Å². The fourth-order valence-electron chi connectivity index (χ4n) is 3.36. The van der Waals surface area contributed by atoms with E-state index >= 15 is 0 Å². The van der Waals surface area contributed by atoms with Gasteiger partial charge in [0.15, 0.2) is 5.96 Å². The molecule has 2 unspecified atom stereocenters. The predicted octanol–water partition coefficient (Wildman–Crippen LogP) is 1.35. The Morgan fingerprint density at radius 3 is 2.88 bits per heavy atom. The molecule has 1 spiro atoms. The highest BCUT2D eigenvalue weighted by molar-refractivity contribution is 5.81. The summed E-state index contributed by atoms with van der Waals surface area (Å²) in [4.78, 5) is 6.73. The van der Waals surface area contributed by atoms with Crippen molar-refractivity contribution in [2.24, 2.45) is 10.7 Å². The molecule has 1 aliphatic carbocycles. The molecule has 1 fully saturated rings. The minimum Gasteiger partial charge on any atom is -0.379 e. The standard InChI is InChI=1S/C12H23N3O/c1-9(2)15-11(13)14-8-12(15)7-5-4-6-10(12)16-3/h9-10H,4-8H2,1-3H3,(H2,13,14). The van der Waals surface area contributed by atoms with E-state index in [2.05, 4.69) is 23.7 Å². The average molecular weight is 225 g/mol. The summed E-state index contributed by atoms with van der Waals surface area (Å²) in [5.41, 5.74) is 6.06. The maximum absolute atomic E-state index is 6.02. The second-order valence-electron chi connectivity index (χ2n) is 5.21. The number of aliphatic imine (C=N–C) groups is 1. The van der Waals surface area contributed by atoms with Crippen molar-refractivity contribution >= 4 is 5.96 Å². The van der Waals surface area contributed by atoms with Crippen molar-refractivity contribution in [3.8, 4) is 0 Å². The highest BCUT2D eigenvalue weighted by Crippen LogP contribution is 2.39. The van der Waals surface area contributed by atoms with Crippen LogP contribution < -0.4 is 5.73 Å². The van der Waals surface area contributed by atoms with Crippen molar-refractivity contribution in [2.75, 3.05) is 13.7 Å². The molecule has 2 N–H and O–H groups in total. The summed E-state index contributed by atoms with van der Waals surface area (Å²) in [5.74, 6) is 0.693. The molecule has 0 amide bonds. The number of nitrogens with two attached hydrogens (primary N) is 1. The summed E-state index contributed by atoms with van der Waals surface area (Å²) in [5, 5.41) is 0. The van der Waals surface area contributed by atoms with Gasteiger partial charge >= 0.3 is 0 Å². The molecule has 1 saturated carbocycles. The summed E-state index contributed by atoms with van der Waals surface area (Å²) < 4.78 is 5.69. The zero-order valence-corrected chi connectivity index (χ0v) is 10.6. The quantitative estimate of drug-likeness (QED) is 0.772. The first-order chi connectivity index (χ1) is 7.62. The van der Waals surface area contributed by atoms with Crippen LogP contribution in [0.3, 0.4) is 0 Å². The molecule has 1 aliphatic heterocycles. The molecule has 2 rings (SSSR count). The lowest BCUT2D eigenvalue weighted by molar-refractivity contribution is -0.0500. The van der Waals surface area contributed by atoms with E-state index in [0.717, 1.165) is 19.4 Å². The van der Waals surface area contributed by atoms with Crippen molar-refractivity contribution in [1.82, 2.24) is 4.90 Å². The second kappa shape index (κ2) is 4.24. The van der Waals surface area contributed by atoms with Crippen LogP contribution in [0.25, 0.3) is 0 Å². The summed E-state index contributed by atoms with van der Waals surface area (Å²) >= 11 is 0. The third-order valence-corrected chi connectivity index (χ3v) is 3.97. The zero-order valence-electron chi connectivity index (χ0n) is 10.6. The molecular weight excluding hydrogens is 202 g/mol. The van der Waals surface area contributed by atoms with Gasteiger partial charge in [0.1, 0.15) is 0 Å². The predicted molar refractivity (Wildman–Crippen MR) is 65.5 cm³/mol. The Hall–Kier alpha value is -0.770. The molecule has 0 aromatic rings. The van der Waals surface area contributed by atoms with Crippen LogP contribution in [0.15, 0.2) is 4.99 Å². The Kier molecular flexibility index (Phi) is 3.10. The molecule has 0 aromatic heterocycles. The molecule has 0 bridgehead atoms. The van der Waals surface area contributed by atoms with Crippen LogP contribution in [0.5, 0.6) is 0 Å². The Morgan fingerprint density at radius 1 is 1.50 bits per heavy atom. The maximum Gasteiger partial charge on any atom is 0.192 e. The molecule has 4 heteroatoms. The molecule has 4 nitrogen and oxygen atoms in total. The van der Waals surface area contributed by atoms with E-state index in [1.165, 1.54) is 12.8 Å². The van der Waals surface area contributed by atoms with Crippen molar-refractivity contribution in [1.29, 1.82) is 0 Å². The van der Waals surface area contributed by atoms with Crippen LogP contribution in [0, 0.1) is 0 Å². The third-order valence-electron chi connectivity index (χ3n) is 3.97. The van der Waals surface area contributed by atoms with E-state index in [1.807, 2.05) is 7.11 Å². The van der Waals surface area contributed by atoms with Gasteiger partial charge in [0.2, 0.25) is 0 Å². The van der Waals surface area contributed by atoms with Gasteiger partial charge in [0.05, 0.1) is 18.2 Å². The van der Waals surface area contributed by atoms with Gasteiger partial charge in [-0.15, -0.1) is 0 Å². The molecule has 1 heterocycles. The second-order valence-corrected chi connectivity index (χ2v) is 5.21. The van der Waals surface area contributed by atoms with Gasteiger partial charge in [-0.25, -0.2) is 0 Å². The topological polar surface area (TPSA) is 50.9 Å². The Labute approximate surface area is 97.9 Å². The lowest BCUT2D eigenvalue weighted by Crippen LogP contribution is -2.62. The monoisotopic (exact) mass is 225 g/mol. The number of ether oxygens (including phenoxy) is 1. The van der Waals surface area contributed by atoms with Crippen LogP contribution in [0.2, 0.25) is 0 Å². The van der Waals surface area contributed by atoms with E-state index < -0.39 is 0 Å². The molecule has 0 radical (unpaired) electrons. The highest BCUT2D eigenvalue weighted by Gasteiger charge is 2.50. The fourth-order valence-corrected chi connectivity index (χ4v) is 3.36. The van der Waals surface area contributed by atoms with Gasteiger partial charge < -0.3 is 15.4 Å². The van der Waals surface area contributed by atoms with Gasteiger partial charge in [-0.05, 0) is 26.7 Å². The Bertz CT molecular complexity index is 290. The number of hydrogen-bond donors (Lipinski definition) is 1. The largest absolute Gasteiger partial charge is 0.379 e. The van der Waals surface area contributed by atoms with Gasteiger partial charge in [0, 0.05) is 13.2 Å². The first-order valence-corrected chi connectivity index (χ1v) is 6.24. The molecule has 16 heavy (non-hydrogen) atoms. The maximum atomic E-state index is 6.02. The minimum absolute atomic E-state index is 0.0330. The Balaban J connectivity index is 2.28. The average Bonchev–Trinajstić information content (AvgIpc) is 2.57. The number of guanidine groups is 1. The molecule has 2 aliphatic rings. The normalized spacial score (nSPS) is 34.9. The van der Waals surface area contributed by atoms with E-state index in [0.29, 0.717) is 12.0 Å². The van der Waals surface area contributed by atoms with E-state index in [-0.39, 0.29) is 11.6 Å². The zero-order chi connectivity index (χ0) is 11.8. The SMILES string of the molecule is COC1CCCCC12CN=C(N)N2C(C)C. The van der Waals surface area contributed by atoms with Gasteiger partial charge in [-0.1, -0.05) is 12.8 Å². The van der Waals surface area contributed by atoms with Crippen LogP contribution in [-0.2, 0) is 4.74 Å². The van der Waals surface area contributed by atoms with E-state index in [9.17, 15) is 0 Å². The minimum atomic E-state index is 0.0330. The lowest BCUT2D eigenvalue weighted by atomic mass is 9.77.